The number of anilines is 1. The summed E-state index contributed by atoms with van der Waals surface area (Å²) < 4.78 is 18.0. The number of nitrogens with two attached hydrogens (primary N) is 2. The zero-order valence-corrected chi connectivity index (χ0v) is 15.4. The van der Waals surface area contributed by atoms with Gasteiger partial charge in [-0.3, -0.25) is 0 Å². The highest BCUT2D eigenvalue weighted by Crippen LogP contribution is 2.39. The Hall–Kier alpha value is -3.33. The minimum atomic E-state index is -0.903. The molecule has 0 bridgehead atoms. The molecule has 28 heavy (non-hydrogen) atoms. The number of amides is 1. The zero-order chi connectivity index (χ0) is 19.7. The van der Waals surface area contributed by atoms with Crippen molar-refractivity contribution < 1.29 is 19.0 Å². The molecule has 3 aromatic rings. The summed E-state index contributed by atoms with van der Waals surface area (Å²) in [7, 11) is 1.50. The summed E-state index contributed by atoms with van der Waals surface area (Å²) in [4.78, 5) is 19.7. The molecule has 4 N–H and O–H groups in total. The van der Waals surface area contributed by atoms with Gasteiger partial charge in [0.05, 0.1) is 12.5 Å². The molecular weight excluding hydrogens is 362 g/mol. The van der Waals surface area contributed by atoms with Gasteiger partial charge < -0.3 is 30.2 Å². The van der Waals surface area contributed by atoms with Crippen LogP contribution in [-0.4, -0.2) is 41.0 Å². The summed E-state index contributed by atoms with van der Waals surface area (Å²) in [6.45, 7) is 1.43. The predicted octanol–water partition coefficient (Wildman–Crippen LogP) is 2.50. The van der Waals surface area contributed by atoms with Gasteiger partial charge in [-0.15, -0.1) is 0 Å². The number of nitrogens with zero attached hydrogens (tertiary/aromatic N) is 3. The molecule has 146 valence electrons. The van der Waals surface area contributed by atoms with Gasteiger partial charge in [0.15, 0.2) is 11.5 Å². The Bertz CT molecular complexity index is 1030. The van der Waals surface area contributed by atoms with Crippen molar-refractivity contribution in [3.8, 4) is 22.6 Å². The van der Waals surface area contributed by atoms with Crippen molar-refractivity contribution in [2.24, 2.45) is 5.73 Å². The van der Waals surface area contributed by atoms with E-state index in [2.05, 4.69) is 14.5 Å². The molecule has 0 radical (unpaired) electrons. The van der Waals surface area contributed by atoms with Gasteiger partial charge in [-0.25, -0.2) is 14.8 Å². The molecule has 0 saturated carbocycles. The molecule has 1 fully saturated rings. The van der Waals surface area contributed by atoms with E-state index in [1.807, 2.05) is 12.3 Å². The van der Waals surface area contributed by atoms with Crippen molar-refractivity contribution in [3.63, 3.8) is 0 Å². The number of carbonyl (C=O) groups excluding carboxylic acids is 1. The molecule has 4 rings (SSSR count). The second kappa shape index (κ2) is 7.35. The lowest BCUT2D eigenvalue weighted by atomic mass is 10.1. The fourth-order valence-electron chi connectivity index (χ4n) is 3.60. The lowest BCUT2D eigenvalue weighted by Crippen LogP contribution is -2.19. The number of nitrogen functional groups attached to an aromatic ring is 1. The Morgan fingerprint density at radius 3 is 2.75 bits per heavy atom. The maximum absolute atomic E-state index is 11.1. The van der Waals surface area contributed by atoms with E-state index in [1.54, 1.807) is 12.1 Å². The van der Waals surface area contributed by atoms with Crippen LogP contribution in [0.4, 0.5) is 10.6 Å². The number of ether oxygens (including phenoxy) is 3. The van der Waals surface area contributed by atoms with Crippen LogP contribution in [0.15, 0.2) is 30.7 Å². The van der Waals surface area contributed by atoms with Crippen LogP contribution in [0.3, 0.4) is 0 Å². The summed E-state index contributed by atoms with van der Waals surface area (Å²) in [5.74, 6) is 1.04. The number of primary amides is 1. The number of methoxy groups -OCH3 is 1. The first kappa shape index (κ1) is 18.1. The van der Waals surface area contributed by atoms with Crippen LogP contribution in [0.1, 0.15) is 18.9 Å². The van der Waals surface area contributed by atoms with Crippen molar-refractivity contribution in [2.45, 2.75) is 18.9 Å². The van der Waals surface area contributed by atoms with Crippen molar-refractivity contribution in [1.29, 1.82) is 0 Å². The molecule has 2 aromatic heterocycles. The van der Waals surface area contributed by atoms with E-state index < -0.39 is 6.09 Å². The van der Waals surface area contributed by atoms with E-state index in [9.17, 15) is 4.79 Å². The Morgan fingerprint density at radius 2 is 2.04 bits per heavy atom. The third kappa shape index (κ3) is 3.20. The van der Waals surface area contributed by atoms with Crippen molar-refractivity contribution >= 4 is 22.9 Å². The van der Waals surface area contributed by atoms with Crippen LogP contribution in [0.5, 0.6) is 11.5 Å². The van der Waals surface area contributed by atoms with Gasteiger partial charge in [-0.05, 0) is 30.5 Å². The summed E-state index contributed by atoms with van der Waals surface area (Å²) in [5, 5.41) is 0.777. The molecule has 9 nitrogen and oxygen atoms in total. The third-order valence-corrected chi connectivity index (χ3v) is 4.91. The van der Waals surface area contributed by atoms with E-state index in [1.165, 1.54) is 13.4 Å². The molecule has 1 saturated heterocycles. The molecule has 1 aliphatic rings. The highest BCUT2D eigenvalue weighted by atomic mass is 16.6. The fourth-order valence-corrected chi connectivity index (χ4v) is 3.60. The largest absolute Gasteiger partial charge is 0.493 e. The quantitative estimate of drug-likeness (QED) is 0.708. The standard InChI is InChI=1S/C19H21N5O4/c1-26-15-8-11(2-3-14(15)28-19(21)25)13-9-24(12-4-6-27-7-5-12)18-16(13)17(20)22-10-23-18/h2-3,8-10,12H,4-7H2,1H3,(H2,21,25)(H2,20,22,23). The first-order valence-corrected chi connectivity index (χ1v) is 8.93. The first-order chi connectivity index (χ1) is 13.6. The molecule has 3 heterocycles. The summed E-state index contributed by atoms with van der Waals surface area (Å²) in [6, 6.07) is 5.50. The average molecular weight is 383 g/mol. The number of benzene rings is 1. The molecular formula is C19H21N5O4. The molecule has 9 heteroatoms. The van der Waals surface area contributed by atoms with Crippen molar-refractivity contribution in [2.75, 3.05) is 26.1 Å². The number of carbonyl (C=O) groups is 1. The zero-order valence-electron chi connectivity index (χ0n) is 15.4. The molecule has 0 atom stereocenters. The first-order valence-electron chi connectivity index (χ1n) is 8.93. The summed E-state index contributed by atoms with van der Waals surface area (Å²) in [6.07, 6.45) is 4.42. The van der Waals surface area contributed by atoms with E-state index in [0.717, 1.165) is 35.0 Å². The Morgan fingerprint density at radius 1 is 1.25 bits per heavy atom. The smallest absolute Gasteiger partial charge is 0.410 e. The second-order valence-electron chi connectivity index (χ2n) is 6.54. The minimum Gasteiger partial charge on any atom is -0.493 e. The molecule has 1 aliphatic heterocycles. The van der Waals surface area contributed by atoms with Crippen LogP contribution >= 0.6 is 0 Å². The van der Waals surface area contributed by atoms with Crippen LogP contribution < -0.4 is 20.9 Å². The molecule has 1 amide bonds. The molecule has 0 unspecified atom stereocenters. The van der Waals surface area contributed by atoms with E-state index in [-0.39, 0.29) is 11.8 Å². The van der Waals surface area contributed by atoms with Gasteiger partial charge in [-0.1, -0.05) is 6.07 Å². The lowest BCUT2D eigenvalue weighted by Gasteiger charge is -2.24. The second-order valence-corrected chi connectivity index (χ2v) is 6.54. The SMILES string of the molecule is COc1cc(-c2cn(C3CCOCC3)c3ncnc(N)c23)ccc1OC(N)=O. The van der Waals surface area contributed by atoms with Crippen LogP contribution in [0.25, 0.3) is 22.2 Å². The third-order valence-electron chi connectivity index (χ3n) is 4.91. The van der Waals surface area contributed by atoms with Gasteiger partial charge in [0.2, 0.25) is 0 Å². The summed E-state index contributed by atoms with van der Waals surface area (Å²) in [5.41, 5.74) is 13.8. The number of fused-ring (bicyclic) bond motifs is 1. The molecule has 0 spiro atoms. The van der Waals surface area contributed by atoms with Gasteiger partial charge in [0, 0.05) is 31.0 Å². The maximum atomic E-state index is 11.1. The number of hydrogen-bond acceptors (Lipinski definition) is 7. The Kier molecular flexibility index (Phi) is 4.74. The van der Waals surface area contributed by atoms with E-state index in [4.69, 9.17) is 25.7 Å². The average Bonchev–Trinajstić information content (AvgIpc) is 3.09. The maximum Gasteiger partial charge on any atom is 0.410 e. The van der Waals surface area contributed by atoms with Crippen molar-refractivity contribution in [3.05, 3.63) is 30.7 Å². The topological polar surface area (TPSA) is 128 Å². The van der Waals surface area contributed by atoms with Gasteiger partial charge >= 0.3 is 6.09 Å². The Labute approximate surface area is 161 Å². The van der Waals surface area contributed by atoms with E-state index >= 15 is 0 Å². The number of aromatic nitrogens is 3. The van der Waals surface area contributed by atoms with Crippen LogP contribution in [0, 0.1) is 0 Å². The van der Waals surface area contributed by atoms with Crippen LogP contribution in [-0.2, 0) is 4.74 Å². The monoisotopic (exact) mass is 383 g/mol. The Balaban J connectivity index is 1.85. The normalized spacial score (nSPS) is 14.9. The van der Waals surface area contributed by atoms with Gasteiger partial charge in [0.25, 0.3) is 0 Å². The molecule has 1 aromatic carbocycles. The van der Waals surface area contributed by atoms with Crippen LogP contribution in [0.2, 0.25) is 0 Å². The van der Waals surface area contributed by atoms with E-state index in [0.29, 0.717) is 24.8 Å². The fraction of sp³-hybridized carbons (Fsp3) is 0.316. The molecule has 0 aliphatic carbocycles. The van der Waals surface area contributed by atoms with Crippen molar-refractivity contribution in [1.82, 2.24) is 14.5 Å². The predicted molar refractivity (Wildman–Crippen MR) is 103 cm³/mol. The number of rotatable bonds is 4. The summed E-state index contributed by atoms with van der Waals surface area (Å²) >= 11 is 0. The van der Waals surface area contributed by atoms with Gasteiger partial charge in [0.1, 0.15) is 17.8 Å². The lowest BCUT2D eigenvalue weighted by molar-refractivity contribution is 0.0706. The minimum absolute atomic E-state index is 0.246. The number of hydrogen-bond donors (Lipinski definition) is 2. The van der Waals surface area contributed by atoms with Gasteiger partial charge in [-0.2, -0.15) is 0 Å². The highest BCUT2D eigenvalue weighted by molar-refractivity contribution is 6.01. The highest BCUT2D eigenvalue weighted by Gasteiger charge is 2.23.